The zero-order valence-electron chi connectivity index (χ0n) is 29.9. The molecule has 0 saturated heterocycles. The van der Waals surface area contributed by atoms with Crippen LogP contribution >= 0.6 is 31.9 Å². The molecule has 51 heavy (non-hydrogen) atoms. The van der Waals surface area contributed by atoms with Gasteiger partial charge < -0.3 is 0 Å². The fourth-order valence-corrected chi connectivity index (χ4v) is 9.60. The highest BCUT2D eigenvalue weighted by Crippen LogP contribution is 2.48. The van der Waals surface area contributed by atoms with Gasteiger partial charge in [-0.3, -0.25) is 9.45 Å². The van der Waals surface area contributed by atoms with Crippen molar-refractivity contribution < 1.29 is 4.79 Å². The number of nitrogens with zero attached hydrogens (tertiary/aromatic N) is 3. The Bertz CT molecular complexity index is 2030. The molecule has 0 heterocycles. The first-order valence-corrected chi connectivity index (χ1v) is 22.9. The van der Waals surface area contributed by atoms with Crippen LogP contribution in [-0.2, 0) is 38.5 Å². The van der Waals surface area contributed by atoms with E-state index < -0.39 is 8.24 Å². The van der Waals surface area contributed by atoms with Gasteiger partial charge >= 0.3 is 0 Å². The highest BCUT2D eigenvalue weighted by molar-refractivity contribution is 9.10. The van der Waals surface area contributed by atoms with Crippen LogP contribution in [0, 0.1) is 17.4 Å². The van der Waals surface area contributed by atoms with Gasteiger partial charge in [0.15, 0.2) is 14.0 Å². The van der Waals surface area contributed by atoms with E-state index in [0.717, 1.165) is 84.4 Å². The predicted molar refractivity (Wildman–Crippen MR) is 221 cm³/mol. The Morgan fingerprint density at radius 1 is 0.686 bits per heavy atom. The summed E-state index contributed by atoms with van der Waals surface area (Å²) in [6, 6.07) is 30.0. The number of rotatable bonds is 1. The number of hydrogen-bond donors (Lipinski definition) is 0. The molecular formula is C44H45Br2N3OSi. The van der Waals surface area contributed by atoms with Crippen LogP contribution in [0.15, 0.2) is 110 Å². The number of fused-ring (bicyclic) bond motifs is 4. The Morgan fingerprint density at radius 3 is 1.55 bits per heavy atom. The van der Waals surface area contributed by atoms with Gasteiger partial charge in [0.2, 0.25) is 0 Å². The molecule has 4 aliphatic rings. The molecule has 0 unspecified atom stereocenters. The van der Waals surface area contributed by atoms with Crippen LogP contribution in [0.25, 0.3) is 4.95 Å². The minimum atomic E-state index is -1.21. The van der Waals surface area contributed by atoms with Crippen LogP contribution in [0.4, 0.5) is 0 Å². The molecule has 0 bridgehead atoms. The Morgan fingerprint density at radius 2 is 1.12 bits per heavy atom. The van der Waals surface area contributed by atoms with Crippen molar-refractivity contribution in [2.75, 3.05) is 0 Å². The van der Waals surface area contributed by atoms with Crippen molar-refractivity contribution in [2.24, 2.45) is 20.6 Å². The second-order valence-electron chi connectivity index (χ2n) is 15.4. The third kappa shape index (κ3) is 8.21. The highest BCUT2D eigenvalue weighted by atomic mass is 79.9. The summed E-state index contributed by atoms with van der Waals surface area (Å²) >= 11 is 7.05. The summed E-state index contributed by atoms with van der Waals surface area (Å²) in [6.07, 6.45) is 10.2. The number of carbonyl (C=O) groups excluding carboxylic acids is 1. The van der Waals surface area contributed by atoms with Crippen LogP contribution in [-0.4, -0.2) is 25.6 Å². The van der Waals surface area contributed by atoms with Crippen LogP contribution in [0.3, 0.4) is 0 Å². The zero-order valence-corrected chi connectivity index (χ0v) is 34.0. The first-order valence-electron chi connectivity index (χ1n) is 17.9. The van der Waals surface area contributed by atoms with E-state index in [0.29, 0.717) is 5.78 Å². The molecule has 4 aromatic rings. The van der Waals surface area contributed by atoms with Crippen molar-refractivity contribution in [1.82, 2.24) is 0 Å². The molecule has 2 spiro atoms. The largest absolute Gasteiger partial charge is 0.294 e. The van der Waals surface area contributed by atoms with Gasteiger partial charge in [-0.2, -0.15) is 6.57 Å². The second kappa shape index (κ2) is 15.5. The van der Waals surface area contributed by atoms with Gasteiger partial charge in [-0.05, 0) is 154 Å². The van der Waals surface area contributed by atoms with Gasteiger partial charge in [-0.25, -0.2) is 0 Å². The predicted octanol–water partition coefficient (Wildman–Crippen LogP) is 11.6. The SMILES string of the molecule is C=C=N[Si](C)(C)C.O=C1c2cc(Br)ccc2CC12CCc1ccccc1CC2.[C-]#[N+]/N=C1/c2cc(Br)ccc2CC12CCc1ccccc1CC2. The summed E-state index contributed by atoms with van der Waals surface area (Å²) in [7, 11) is -1.21. The molecule has 0 fully saturated rings. The second-order valence-corrected chi connectivity index (χ2v) is 21.8. The Labute approximate surface area is 321 Å². The fraction of sp³-hybridized carbons (Fsp3) is 0.341. The van der Waals surface area contributed by atoms with Crippen LogP contribution < -0.4 is 0 Å². The molecule has 260 valence electrons. The lowest BCUT2D eigenvalue weighted by Crippen LogP contribution is -2.29. The average Bonchev–Trinajstić information content (AvgIpc) is 3.35. The van der Waals surface area contributed by atoms with E-state index in [-0.39, 0.29) is 10.8 Å². The van der Waals surface area contributed by atoms with Crippen molar-refractivity contribution in [3.8, 4) is 0 Å². The van der Waals surface area contributed by atoms with Gasteiger partial charge in [-0.1, -0.05) is 92.5 Å². The number of aryl methyl sites for hydroxylation is 4. The van der Waals surface area contributed by atoms with Gasteiger partial charge in [0.1, 0.15) is 5.71 Å². The Kier molecular flexibility index (Phi) is 11.3. The summed E-state index contributed by atoms with van der Waals surface area (Å²) in [4.78, 5) is 16.4. The standard InChI is InChI=1S/C20H17BrN2.C19H17BrO.C5H11NSi/c1-22-23-19-18-12-17(21)7-6-16(18)13-20(19)10-8-14-4-2-3-5-15(14)9-11-20;20-16-6-5-15-12-19(18(21)17(15)11-16)9-7-13-3-1-2-4-14(13)8-10-19;1-5-6-7(2,3)4/h2-7,12H,8-11,13H2;1-6,11H,7-10,12H2;1H2,2-4H3/b23-19-;;. The molecule has 0 amide bonds. The van der Waals surface area contributed by atoms with Gasteiger partial charge in [0.25, 0.3) is 0 Å². The smallest absolute Gasteiger partial charge is 0.184 e. The maximum absolute atomic E-state index is 13.0. The highest BCUT2D eigenvalue weighted by Gasteiger charge is 2.46. The fourth-order valence-electron chi connectivity index (χ4n) is 8.40. The van der Waals surface area contributed by atoms with Crippen LogP contribution in [0.1, 0.15) is 75.0 Å². The topological polar surface area (TPSA) is 46.1 Å². The first kappa shape index (κ1) is 37.1. The summed E-state index contributed by atoms with van der Waals surface area (Å²) in [5.74, 6) is 2.91. The minimum absolute atomic E-state index is 0.0205. The summed E-state index contributed by atoms with van der Waals surface area (Å²) in [5.41, 5.74) is 11.3. The summed E-state index contributed by atoms with van der Waals surface area (Å²) < 4.78 is 6.10. The molecule has 4 aliphatic carbocycles. The van der Waals surface area contributed by atoms with Gasteiger partial charge in [0.05, 0.1) is 5.10 Å². The molecule has 8 rings (SSSR count). The molecular weight excluding hydrogens is 774 g/mol. The Balaban J connectivity index is 0.000000149. The molecule has 0 saturated carbocycles. The van der Waals surface area contributed by atoms with E-state index >= 15 is 0 Å². The van der Waals surface area contributed by atoms with Crippen LogP contribution in [0.5, 0.6) is 0 Å². The van der Waals surface area contributed by atoms with E-state index in [1.165, 1.54) is 38.9 Å². The molecule has 0 aromatic heterocycles. The van der Waals surface area contributed by atoms with Crippen LogP contribution in [0.2, 0.25) is 19.6 Å². The number of ketones is 1. The maximum Gasteiger partial charge on any atom is 0.184 e. The molecule has 0 atom stereocenters. The Hall–Kier alpha value is -3.66. The third-order valence-electron chi connectivity index (χ3n) is 11.0. The first-order chi connectivity index (χ1) is 24.5. The van der Waals surface area contributed by atoms with Crippen molar-refractivity contribution in [2.45, 2.75) is 83.8 Å². The van der Waals surface area contributed by atoms with Crippen molar-refractivity contribution >= 4 is 57.5 Å². The van der Waals surface area contributed by atoms with E-state index in [1.807, 2.05) is 6.07 Å². The number of Topliss-reactive ketones (excluding diaryl/α,β-unsaturated/α-hetero) is 1. The molecule has 7 heteroatoms. The number of benzene rings is 4. The number of halogens is 2. The van der Waals surface area contributed by atoms with E-state index in [4.69, 9.17) is 6.57 Å². The molecule has 4 nitrogen and oxygen atoms in total. The lowest BCUT2D eigenvalue weighted by Gasteiger charge is -2.26. The molecule has 0 radical (unpaired) electrons. The van der Waals surface area contributed by atoms with Crippen molar-refractivity contribution in [3.63, 3.8) is 0 Å². The summed E-state index contributed by atoms with van der Waals surface area (Å²) in [6.45, 7) is 17.1. The molecule has 0 aliphatic heterocycles. The quantitative estimate of drug-likeness (QED) is 0.0817. The van der Waals surface area contributed by atoms with Crippen molar-refractivity contribution in [1.29, 1.82) is 0 Å². The number of hydrogen-bond acceptors (Lipinski definition) is 3. The van der Waals surface area contributed by atoms with E-state index in [1.54, 1.807) is 0 Å². The zero-order chi connectivity index (χ0) is 36.2. The molecule has 4 aromatic carbocycles. The van der Waals surface area contributed by atoms with E-state index in [2.05, 4.69) is 158 Å². The van der Waals surface area contributed by atoms with Crippen molar-refractivity contribution in [3.05, 3.63) is 156 Å². The van der Waals surface area contributed by atoms with Gasteiger partial charge in [-0.15, -0.1) is 4.95 Å². The van der Waals surface area contributed by atoms with E-state index in [9.17, 15) is 4.79 Å². The normalized spacial score (nSPS) is 18.3. The lowest BCUT2D eigenvalue weighted by atomic mass is 9.76. The van der Waals surface area contributed by atoms with Gasteiger partial charge in [0, 0.05) is 30.9 Å². The average molecular weight is 820 g/mol. The maximum atomic E-state index is 13.0. The molecule has 0 N–H and O–H groups in total. The summed E-state index contributed by atoms with van der Waals surface area (Å²) in [5, 5.41) is 4.27. The lowest BCUT2D eigenvalue weighted by molar-refractivity contribution is 0.0794. The minimum Gasteiger partial charge on any atom is -0.294 e. The number of carbonyl (C=O) groups is 1. The third-order valence-corrected chi connectivity index (χ3v) is 12.8. The monoisotopic (exact) mass is 817 g/mol.